The fourth-order valence-electron chi connectivity index (χ4n) is 5.02. The number of nitrogens with zero attached hydrogens (tertiary/aromatic N) is 4. The molecule has 12 heteroatoms. The Morgan fingerprint density at radius 2 is 2.17 bits per heavy atom. The summed E-state index contributed by atoms with van der Waals surface area (Å²) in [6, 6.07) is 2.80. The van der Waals surface area contributed by atoms with E-state index in [0.717, 1.165) is 0 Å². The second-order valence-corrected chi connectivity index (χ2v) is 11.5. The average Bonchev–Trinajstić information content (AvgIpc) is 3.39. The minimum absolute atomic E-state index is 0.0199. The Balaban J connectivity index is 1.99. The van der Waals surface area contributed by atoms with Crippen LogP contribution < -0.4 is 10.6 Å². The highest BCUT2D eigenvalue weighted by atomic mass is 79.9. The van der Waals surface area contributed by atoms with E-state index in [9.17, 15) is 14.7 Å². The van der Waals surface area contributed by atoms with Crippen molar-refractivity contribution < 1.29 is 23.8 Å². The number of ether oxygens (including phenoxy) is 1. The molecule has 3 N–H and O–H groups in total. The number of nitrogen functional groups attached to an aromatic ring is 1. The fraction of sp³-hybridized carbons (Fsp3) is 0.500. The number of nitrogens with two attached hydrogens (primary N) is 1. The first-order valence-corrected chi connectivity index (χ1v) is 13.4. The first-order valence-electron chi connectivity index (χ1n) is 11.4. The Morgan fingerprint density at radius 1 is 1.47 bits per heavy atom. The third-order valence-electron chi connectivity index (χ3n) is 6.54. The maximum Gasteiger partial charge on any atom is 0.415 e. The summed E-state index contributed by atoms with van der Waals surface area (Å²) in [6.07, 6.45) is 1.06. The van der Waals surface area contributed by atoms with Gasteiger partial charge in [0.1, 0.15) is 16.1 Å². The number of thioether (sulfide) groups is 1. The number of hydrogen-bond donors (Lipinski definition) is 2. The highest BCUT2D eigenvalue weighted by molar-refractivity contribution is 9.10. The standard InChI is InChI=1S/C24H27BrFN5O4S/c1-24(2,3)35-23(34)31(19-12-9-14(19)30(10-12)22(32)33)20-13-8-11(6-5-7-27)15(25)16(26)18(13)29-21(36-4)17(20)28/h8,12,14,19H,5-6,9-10,28H2,1-4H3,(H,32,33)/t12?,14?,19-/m0/s1. The lowest BCUT2D eigenvalue weighted by Crippen LogP contribution is -2.58. The molecule has 0 spiro atoms. The van der Waals surface area contributed by atoms with Crippen LogP contribution in [0.2, 0.25) is 0 Å². The molecule has 1 aromatic carbocycles. The zero-order valence-electron chi connectivity index (χ0n) is 20.3. The summed E-state index contributed by atoms with van der Waals surface area (Å²) in [4.78, 5) is 32.7. The van der Waals surface area contributed by atoms with Crippen LogP contribution in [0.15, 0.2) is 15.6 Å². The predicted octanol–water partition coefficient (Wildman–Crippen LogP) is 5.39. The number of carbonyl (C=O) groups excluding carboxylic acids is 1. The van der Waals surface area contributed by atoms with E-state index >= 15 is 4.39 Å². The molecule has 2 bridgehead atoms. The summed E-state index contributed by atoms with van der Waals surface area (Å²) in [6.45, 7) is 5.50. The second-order valence-electron chi connectivity index (χ2n) is 9.94. The van der Waals surface area contributed by atoms with Gasteiger partial charge in [-0.2, -0.15) is 5.26 Å². The van der Waals surface area contributed by atoms with Crippen LogP contribution in [0, 0.1) is 23.1 Å². The number of pyridine rings is 1. The first-order chi connectivity index (χ1) is 16.9. The van der Waals surface area contributed by atoms with Crippen molar-refractivity contribution in [2.75, 3.05) is 23.4 Å². The Kier molecular flexibility index (Phi) is 7.00. The molecule has 2 amide bonds. The highest BCUT2D eigenvalue weighted by Crippen LogP contribution is 2.50. The molecule has 1 saturated carbocycles. The largest absolute Gasteiger partial charge is 0.465 e. The van der Waals surface area contributed by atoms with Crippen molar-refractivity contribution in [2.45, 2.75) is 62.7 Å². The van der Waals surface area contributed by atoms with Crippen molar-refractivity contribution >= 4 is 62.2 Å². The maximum absolute atomic E-state index is 15.6. The van der Waals surface area contributed by atoms with Crippen LogP contribution in [0.5, 0.6) is 0 Å². The smallest absolute Gasteiger partial charge is 0.415 e. The molecule has 2 unspecified atom stereocenters. The van der Waals surface area contributed by atoms with E-state index in [0.29, 0.717) is 22.4 Å². The summed E-state index contributed by atoms with van der Waals surface area (Å²) < 4.78 is 21.6. The molecular weight excluding hydrogens is 553 g/mol. The first kappa shape index (κ1) is 26.3. The summed E-state index contributed by atoms with van der Waals surface area (Å²) in [5.41, 5.74) is 6.72. The van der Waals surface area contributed by atoms with E-state index < -0.39 is 35.7 Å². The zero-order chi connectivity index (χ0) is 26.5. The maximum atomic E-state index is 15.6. The zero-order valence-corrected chi connectivity index (χ0v) is 22.7. The van der Waals surface area contributed by atoms with Gasteiger partial charge in [-0.1, -0.05) is 0 Å². The molecule has 2 aromatic rings. The topological polar surface area (TPSA) is 133 Å². The van der Waals surface area contributed by atoms with Gasteiger partial charge in [0.25, 0.3) is 0 Å². The number of hydrogen-bond acceptors (Lipinski definition) is 7. The van der Waals surface area contributed by atoms with Gasteiger partial charge >= 0.3 is 12.2 Å². The van der Waals surface area contributed by atoms with Crippen molar-refractivity contribution in [2.24, 2.45) is 5.92 Å². The number of aromatic nitrogens is 1. The molecule has 5 rings (SSSR count). The Hall–Kier alpha value is -2.78. The average molecular weight is 580 g/mol. The van der Waals surface area contributed by atoms with Crippen molar-refractivity contribution in [1.29, 1.82) is 5.26 Å². The molecule has 192 valence electrons. The van der Waals surface area contributed by atoms with E-state index in [1.165, 1.54) is 21.6 Å². The summed E-state index contributed by atoms with van der Waals surface area (Å²) in [7, 11) is 0. The lowest BCUT2D eigenvalue weighted by molar-refractivity contribution is 0.0518. The molecule has 0 radical (unpaired) electrons. The van der Waals surface area contributed by atoms with Crippen LogP contribution in [0.25, 0.3) is 10.9 Å². The third kappa shape index (κ3) is 4.43. The SMILES string of the molecule is CSc1nc2c(F)c(Br)c(CCC#N)cc2c(N(C(=O)OC(C)(C)C)[C@H]2C3CC2N(C(=O)O)C3)c1N. The number of rotatable bonds is 5. The Bertz CT molecular complexity index is 1290. The van der Waals surface area contributed by atoms with E-state index in [-0.39, 0.29) is 46.7 Å². The fourth-order valence-corrected chi connectivity index (χ4v) is 6.02. The normalized spacial score (nSPS) is 20.7. The Morgan fingerprint density at radius 3 is 2.72 bits per heavy atom. The number of carbonyl (C=O) groups is 2. The molecule has 9 nitrogen and oxygen atoms in total. The van der Waals surface area contributed by atoms with E-state index in [4.69, 9.17) is 15.7 Å². The molecule has 2 saturated heterocycles. The number of amides is 2. The molecule has 3 aliphatic rings. The summed E-state index contributed by atoms with van der Waals surface area (Å²) >= 11 is 4.51. The van der Waals surface area contributed by atoms with Gasteiger partial charge in [-0.15, -0.1) is 11.8 Å². The van der Waals surface area contributed by atoms with Crippen LogP contribution in [0.4, 0.5) is 25.4 Å². The van der Waals surface area contributed by atoms with E-state index in [1.807, 2.05) is 0 Å². The molecule has 36 heavy (non-hydrogen) atoms. The van der Waals surface area contributed by atoms with E-state index in [1.54, 1.807) is 33.1 Å². The van der Waals surface area contributed by atoms with Crippen molar-refractivity contribution in [3.8, 4) is 6.07 Å². The predicted molar refractivity (Wildman–Crippen MR) is 139 cm³/mol. The molecule has 2 aliphatic heterocycles. The van der Waals surface area contributed by atoms with Gasteiger partial charge in [-0.3, -0.25) is 4.90 Å². The van der Waals surface area contributed by atoms with Gasteiger partial charge in [0.05, 0.1) is 34.0 Å². The van der Waals surface area contributed by atoms with Crippen molar-refractivity contribution in [3.63, 3.8) is 0 Å². The molecule has 1 aliphatic carbocycles. The molecule has 1 aromatic heterocycles. The molecule has 3 fully saturated rings. The number of halogens is 2. The van der Waals surface area contributed by atoms with Gasteiger partial charge in [0.2, 0.25) is 0 Å². The summed E-state index contributed by atoms with van der Waals surface area (Å²) in [5, 5.41) is 19.4. The van der Waals surface area contributed by atoms with Gasteiger partial charge in [-0.25, -0.2) is 19.0 Å². The number of benzene rings is 1. The minimum Gasteiger partial charge on any atom is -0.465 e. The lowest BCUT2D eigenvalue weighted by atomic mass is 9.78. The minimum atomic E-state index is -1.06. The van der Waals surface area contributed by atoms with Crippen LogP contribution in [0.1, 0.15) is 39.2 Å². The van der Waals surface area contributed by atoms with Crippen LogP contribution in [0.3, 0.4) is 0 Å². The third-order valence-corrected chi connectivity index (χ3v) is 8.09. The molecular formula is C24H27BrFN5O4S. The van der Waals surface area contributed by atoms with Gasteiger partial charge in [0.15, 0.2) is 5.82 Å². The van der Waals surface area contributed by atoms with Gasteiger partial charge < -0.3 is 20.5 Å². The van der Waals surface area contributed by atoms with Gasteiger partial charge in [-0.05, 0) is 67.4 Å². The van der Waals surface area contributed by atoms with Crippen LogP contribution >= 0.6 is 27.7 Å². The number of fused-ring (bicyclic) bond motifs is 2. The highest BCUT2D eigenvalue weighted by Gasteiger charge is 2.58. The van der Waals surface area contributed by atoms with Crippen molar-refractivity contribution in [1.82, 2.24) is 9.88 Å². The quantitative estimate of drug-likeness (QED) is 0.450. The number of anilines is 2. The summed E-state index contributed by atoms with van der Waals surface area (Å²) in [5.74, 6) is -0.734. The second kappa shape index (κ2) is 9.59. The number of carboxylic acid groups (broad SMARTS) is 1. The number of nitriles is 1. The van der Waals surface area contributed by atoms with Gasteiger partial charge in [0, 0.05) is 24.3 Å². The monoisotopic (exact) mass is 579 g/mol. The van der Waals surface area contributed by atoms with Crippen LogP contribution in [-0.2, 0) is 11.2 Å². The molecule has 3 heterocycles. The van der Waals surface area contributed by atoms with Crippen molar-refractivity contribution in [3.05, 3.63) is 21.9 Å². The van der Waals surface area contributed by atoms with Crippen LogP contribution in [-0.4, -0.2) is 57.7 Å². The molecule has 3 atom stereocenters. The number of aryl methyl sites for hydroxylation is 1. The van der Waals surface area contributed by atoms with E-state index in [2.05, 4.69) is 27.0 Å². The Labute approximate surface area is 220 Å². The lowest BCUT2D eigenvalue weighted by Gasteiger charge is -2.44.